The van der Waals surface area contributed by atoms with E-state index >= 15 is 0 Å². The summed E-state index contributed by atoms with van der Waals surface area (Å²) in [5.41, 5.74) is 6.24. The lowest BCUT2D eigenvalue weighted by Gasteiger charge is -2.15. The van der Waals surface area contributed by atoms with Crippen molar-refractivity contribution in [2.24, 2.45) is 5.73 Å². The molecule has 0 bridgehead atoms. The van der Waals surface area contributed by atoms with Crippen LogP contribution in [-0.4, -0.2) is 13.2 Å². The smallest absolute Gasteiger partial charge is 0.417 e. The number of rotatable bonds is 4. The van der Waals surface area contributed by atoms with Gasteiger partial charge >= 0.3 is 6.18 Å². The predicted molar refractivity (Wildman–Crippen MR) is 83.4 cm³/mol. The van der Waals surface area contributed by atoms with Gasteiger partial charge in [-0.1, -0.05) is 35.9 Å². The number of aryl methyl sites for hydroxylation is 1. The van der Waals surface area contributed by atoms with Crippen LogP contribution in [0.2, 0.25) is 0 Å². The maximum Gasteiger partial charge on any atom is 0.417 e. The van der Waals surface area contributed by atoms with Gasteiger partial charge in [0.15, 0.2) is 0 Å². The lowest BCUT2D eigenvalue weighted by Crippen LogP contribution is -2.12. The molecule has 0 aliphatic rings. The molecule has 0 aromatic heterocycles. The zero-order valence-corrected chi connectivity index (χ0v) is 12.8. The summed E-state index contributed by atoms with van der Waals surface area (Å²) < 4.78 is 44.9. The van der Waals surface area contributed by atoms with Crippen molar-refractivity contribution < 1.29 is 17.9 Å². The van der Waals surface area contributed by atoms with Gasteiger partial charge in [0.25, 0.3) is 0 Å². The van der Waals surface area contributed by atoms with E-state index in [4.69, 9.17) is 10.5 Å². The van der Waals surface area contributed by atoms with Crippen LogP contribution in [0.15, 0.2) is 42.5 Å². The Morgan fingerprint density at radius 3 is 2.23 bits per heavy atom. The normalized spacial score (nSPS) is 11.0. The summed E-state index contributed by atoms with van der Waals surface area (Å²) >= 11 is 0. The average molecular weight is 332 g/mol. The van der Waals surface area contributed by atoms with Crippen molar-refractivity contribution in [3.05, 3.63) is 53.6 Å². The van der Waals surface area contributed by atoms with Gasteiger partial charge in [-0.15, -0.1) is 12.4 Å². The largest absolute Gasteiger partial charge is 0.492 e. The zero-order valence-electron chi connectivity index (χ0n) is 12.0. The molecule has 120 valence electrons. The third-order valence-electron chi connectivity index (χ3n) is 3.05. The Morgan fingerprint density at radius 1 is 1.05 bits per heavy atom. The second kappa shape index (κ2) is 7.51. The Bertz CT molecular complexity index is 612. The molecule has 0 aliphatic carbocycles. The van der Waals surface area contributed by atoms with Crippen LogP contribution < -0.4 is 10.5 Å². The SMILES string of the molecule is Cc1ccc(-c2ccc(OCCN)cc2C(F)(F)F)cc1.Cl. The van der Waals surface area contributed by atoms with E-state index in [-0.39, 0.29) is 36.9 Å². The molecule has 2 nitrogen and oxygen atoms in total. The van der Waals surface area contributed by atoms with Crippen molar-refractivity contribution in [2.45, 2.75) is 13.1 Å². The second-order valence-corrected chi connectivity index (χ2v) is 4.71. The first-order valence-electron chi connectivity index (χ1n) is 6.53. The maximum absolute atomic E-state index is 13.2. The number of hydrogen-bond acceptors (Lipinski definition) is 2. The van der Waals surface area contributed by atoms with E-state index in [1.807, 2.05) is 6.92 Å². The Labute approximate surface area is 133 Å². The summed E-state index contributed by atoms with van der Waals surface area (Å²) in [6, 6.07) is 10.9. The Morgan fingerprint density at radius 2 is 1.68 bits per heavy atom. The van der Waals surface area contributed by atoms with Gasteiger partial charge in [0.1, 0.15) is 12.4 Å². The first-order valence-corrected chi connectivity index (χ1v) is 6.53. The van der Waals surface area contributed by atoms with Crippen molar-refractivity contribution in [3.63, 3.8) is 0 Å². The van der Waals surface area contributed by atoms with Crippen LogP contribution in [0.1, 0.15) is 11.1 Å². The fraction of sp³-hybridized carbons (Fsp3) is 0.250. The van der Waals surface area contributed by atoms with Gasteiger partial charge in [-0.2, -0.15) is 13.2 Å². The number of halogens is 4. The average Bonchev–Trinajstić information content (AvgIpc) is 2.45. The number of hydrogen-bond donors (Lipinski definition) is 1. The van der Waals surface area contributed by atoms with E-state index in [0.717, 1.165) is 11.6 Å². The predicted octanol–water partition coefficient (Wildman–Crippen LogP) is 4.44. The molecule has 2 rings (SSSR count). The molecule has 6 heteroatoms. The molecule has 0 saturated heterocycles. The molecule has 0 aliphatic heterocycles. The van der Waals surface area contributed by atoms with Gasteiger partial charge in [-0.25, -0.2) is 0 Å². The van der Waals surface area contributed by atoms with Crippen LogP contribution in [0.25, 0.3) is 11.1 Å². The van der Waals surface area contributed by atoms with Crippen LogP contribution in [0.5, 0.6) is 5.75 Å². The Hall–Kier alpha value is -1.72. The first-order chi connectivity index (χ1) is 9.91. The number of alkyl halides is 3. The lowest BCUT2D eigenvalue weighted by molar-refractivity contribution is -0.137. The summed E-state index contributed by atoms with van der Waals surface area (Å²) in [6.45, 7) is 2.32. The quantitative estimate of drug-likeness (QED) is 0.899. The van der Waals surface area contributed by atoms with Crippen LogP contribution in [0.3, 0.4) is 0 Å². The van der Waals surface area contributed by atoms with E-state index in [9.17, 15) is 13.2 Å². The summed E-state index contributed by atoms with van der Waals surface area (Å²) in [5.74, 6) is 0.170. The molecule has 0 unspecified atom stereocenters. The molecule has 0 heterocycles. The molecule has 0 amide bonds. The molecule has 0 saturated carbocycles. The second-order valence-electron chi connectivity index (χ2n) is 4.71. The molecular weight excluding hydrogens is 315 g/mol. The fourth-order valence-electron chi connectivity index (χ4n) is 2.01. The third kappa shape index (κ3) is 4.39. The monoisotopic (exact) mass is 331 g/mol. The van der Waals surface area contributed by atoms with Gasteiger partial charge in [-0.3, -0.25) is 0 Å². The van der Waals surface area contributed by atoms with Gasteiger partial charge in [0, 0.05) is 6.54 Å². The molecule has 0 atom stereocenters. The van der Waals surface area contributed by atoms with Crippen molar-refractivity contribution in [1.29, 1.82) is 0 Å². The summed E-state index contributed by atoms with van der Waals surface area (Å²) in [7, 11) is 0. The minimum atomic E-state index is -4.44. The summed E-state index contributed by atoms with van der Waals surface area (Å²) in [5, 5.41) is 0. The highest BCUT2D eigenvalue weighted by Crippen LogP contribution is 2.39. The van der Waals surface area contributed by atoms with E-state index in [0.29, 0.717) is 5.56 Å². The molecule has 2 aromatic rings. The minimum Gasteiger partial charge on any atom is -0.492 e. The van der Waals surface area contributed by atoms with Crippen molar-refractivity contribution >= 4 is 12.4 Å². The first kappa shape index (κ1) is 18.3. The molecule has 0 spiro atoms. The molecular formula is C16H17ClF3NO. The molecule has 0 fully saturated rings. The lowest BCUT2D eigenvalue weighted by atomic mass is 9.98. The van der Waals surface area contributed by atoms with Gasteiger partial charge in [0.05, 0.1) is 5.56 Å². The highest BCUT2D eigenvalue weighted by Gasteiger charge is 2.34. The topological polar surface area (TPSA) is 35.2 Å². The molecule has 2 aromatic carbocycles. The van der Waals surface area contributed by atoms with Crippen molar-refractivity contribution in [2.75, 3.05) is 13.2 Å². The van der Waals surface area contributed by atoms with Crippen LogP contribution >= 0.6 is 12.4 Å². The fourth-order valence-corrected chi connectivity index (χ4v) is 2.01. The highest BCUT2D eigenvalue weighted by molar-refractivity contribution is 5.85. The van der Waals surface area contributed by atoms with Crippen molar-refractivity contribution in [1.82, 2.24) is 0 Å². The van der Waals surface area contributed by atoms with E-state index in [2.05, 4.69) is 0 Å². The van der Waals surface area contributed by atoms with E-state index in [1.54, 1.807) is 24.3 Å². The van der Waals surface area contributed by atoms with Gasteiger partial charge in [0.2, 0.25) is 0 Å². The van der Waals surface area contributed by atoms with Gasteiger partial charge < -0.3 is 10.5 Å². The van der Waals surface area contributed by atoms with E-state index in [1.165, 1.54) is 12.1 Å². The standard InChI is InChI=1S/C16H16F3NO.ClH/c1-11-2-4-12(5-3-11)14-7-6-13(21-9-8-20)10-15(14)16(17,18)19;/h2-7,10H,8-9,20H2,1H3;1H. The maximum atomic E-state index is 13.2. The zero-order chi connectivity index (χ0) is 15.5. The molecule has 2 N–H and O–H groups in total. The number of ether oxygens (including phenoxy) is 1. The van der Waals surface area contributed by atoms with Crippen molar-refractivity contribution in [3.8, 4) is 16.9 Å². The number of nitrogens with two attached hydrogens (primary N) is 1. The number of benzene rings is 2. The van der Waals surface area contributed by atoms with Crippen LogP contribution in [0.4, 0.5) is 13.2 Å². The third-order valence-corrected chi connectivity index (χ3v) is 3.05. The minimum absolute atomic E-state index is 0. The van der Waals surface area contributed by atoms with Crippen LogP contribution in [-0.2, 0) is 6.18 Å². The molecule has 0 radical (unpaired) electrons. The van der Waals surface area contributed by atoms with Gasteiger partial charge in [-0.05, 0) is 30.2 Å². The highest BCUT2D eigenvalue weighted by atomic mass is 35.5. The molecule has 22 heavy (non-hydrogen) atoms. The Balaban J connectivity index is 0.00000242. The summed E-state index contributed by atoms with van der Waals surface area (Å²) in [6.07, 6.45) is -4.44. The van der Waals surface area contributed by atoms with Crippen LogP contribution in [0, 0.1) is 6.92 Å². The van der Waals surface area contributed by atoms with E-state index < -0.39 is 11.7 Å². The Kier molecular flexibility index (Phi) is 6.26. The summed E-state index contributed by atoms with van der Waals surface area (Å²) in [4.78, 5) is 0.